The summed E-state index contributed by atoms with van der Waals surface area (Å²) in [5.41, 5.74) is 6.87. The zero-order valence-corrected chi connectivity index (χ0v) is 10.2. The van der Waals surface area contributed by atoms with Crippen molar-refractivity contribution in [2.45, 2.75) is 39.5 Å². The molecule has 1 aliphatic rings. The number of nitrogen functional groups attached to an aromatic ring is 1. The van der Waals surface area contributed by atoms with E-state index in [0.29, 0.717) is 17.7 Å². The lowest BCUT2D eigenvalue weighted by Gasteiger charge is -2.13. The second kappa shape index (κ2) is 4.28. The molecule has 88 valence electrons. The van der Waals surface area contributed by atoms with Crippen LogP contribution in [0.25, 0.3) is 0 Å². The van der Waals surface area contributed by atoms with E-state index < -0.39 is 0 Å². The first-order valence-corrected chi connectivity index (χ1v) is 5.95. The zero-order valence-electron chi connectivity index (χ0n) is 10.2. The summed E-state index contributed by atoms with van der Waals surface area (Å²) in [7, 11) is 0. The Hall–Kier alpha value is -1.32. The highest BCUT2D eigenvalue weighted by molar-refractivity contribution is 5.55. The topological polar surface area (TPSA) is 63.8 Å². The molecule has 0 saturated heterocycles. The molecule has 1 aromatic rings. The molecule has 0 radical (unpaired) electrons. The minimum atomic E-state index is 0.544. The summed E-state index contributed by atoms with van der Waals surface area (Å²) in [4.78, 5) is 8.91. The van der Waals surface area contributed by atoms with Crippen molar-refractivity contribution in [2.75, 3.05) is 17.6 Å². The first kappa shape index (κ1) is 11.2. The lowest BCUT2D eigenvalue weighted by molar-refractivity contribution is 0.685. The third kappa shape index (κ3) is 2.43. The summed E-state index contributed by atoms with van der Waals surface area (Å²) < 4.78 is 0. The maximum absolute atomic E-state index is 5.90. The number of aromatic nitrogens is 2. The number of nitrogens with zero attached hydrogens (tertiary/aromatic N) is 2. The minimum absolute atomic E-state index is 0.544. The van der Waals surface area contributed by atoms with Gasteiger partial charge in [-0.2, -0.15) is 0 Å². The van der Waals surface area contributed by atoms with Gasteiger partial charge in [-0.15, -0.1) is 0 Å². The lowest BCUT2D eigenvalue weighted by Crippen LogP contribution is -2.13. The standard InChI is InChI=1S/C12H20N4/c1-7(2)6-14-11-8(3)10(13)15-12(16-11)9-4-5-9/h7,9H,4-6H2,1-3H3,(H3,13,14,15,16). The smallest absolute Gasteiger partial charge is 0.136 e. The van der Waals surface area contributed by atoms with Gasteiger partial charge < -0.3 is 11.1 Å². The average molecular weight is 220 g/mol. The second-order valence-corrected chi connectivity index (χ2v) is 4.99. The fourth-order valence-electron chi connectivity index (χ4n) is 1.55. The molecule has 0 bridgehead atoms. The van der Waals surface area contributed by atoms with Crippen molar-refractivity contribution in [3.8, 4) is 0 Å². The molecule has 0 atom stereocenters. The van der Waals surface area contributed by atoms with E-state index in [0.717, 1.165) is 23.8 Å². The molecule has 1 aliphatic carbocycles. The Balaban J connectivity index is 2.20. The first-order valence-electron chi connectivity index (χ1n) is 5.95. The van der Waals surface area contributed by atoms with Crippen LogP contribution in [0.3, 0.4) is 0 Å². The zero-order chi connectivity index (χ0) is 11.7. The number of nitrogens with one attached hydrogen (secondary N) is 1. The lowest BCUT2D eigenvalue weighted by atomic mass is 10.2. The molecule has 4 nitrogen and oxygen atoms in total. The Kier molecular flexibility index (Phi) is 2.99. The van der Waals surface area contributed by atoms with Crippen LogP contribution in [0.2, 0.25) is 0 Å². The molecule has 0 aromatic carbocycles. The molecular weight excluding hydrogens is 200 g/mol. The van der Waals surface area contributed by atoms with E-state index in [1.54, 1.807) is 0 Å². The van der Waals surface area contributed by atoms with Crippen molar-refractivity contribution < 1.29 is 0 Å². The summed E-state index contributed by atoms with van der Waals surface area (Å²) in [6, 6.07) is 0. The third-order valence-electron chi connectivity index (χ3n) is 2.82. The molecule has 0 unspecified atom stereocenters. The van der Waals surface area contributed by atoms with E-state index in [4.69, 9.17) is 5.73 Å². The number of nitrogens with two attached hydrogens (primary N) is 1. The van der Waals surface area contributed by atoms with Crippen LogP contribution < -0.4 is 11.1 Å². The minimum Gasteiger partial charge on any atom is -0.383 e. The molecular formula is C12H20N4. The van der Waals surface area contributed by atoms with Crippen LogP contribution in [0, 0.1) is 12.8 Å². The first-order chi connectivity index (χ1) is 7.58. The maximum atomic E-state index is 5.90. The third-order valence-corrected chi connectivity index (χ3v) is 2.82. The SMILES string of the molecule is Cc1c(N)nc(C2CC2)nc1NCC(C)C. The Morgan fingerprint density at radius 2 is 2.06 bits per heavy atom. The van der Waals surface area contributed by atoms with Crippen LogP contribution in [0.4, 0.5) is 11.6 Å². The molecule has 0 aliphatic heterocycles. The molecule has 1 saturated carbocycles. The van der Waals surface area contributed by atoms with Crippen LogP contribution in [0.5, 0.6) is 0 Å². The Morgan fingerprint density at radius 1 is 1.38 bits per heavy atom. The van der Waals surface area contributed by atoms with E-state index in [-0.39, 0.29) is 0 Å². The Morgan fingerprint density at radius 3 is 2.62 bits per heavy atom. The Bertz CT molecular complexity index is 383. The number of rotatable bonds is 4. The van der Waals surface area contributed by atoms with Crippen LogP contribution in [0.15, 0.2) is 0 Å². The molecule has 2 rings (SSSR count). The second-order valence-electron chi connectivity index (χ2n) is 4.99. The Labute approximate surface area is 96.7 Å². The highest BCUT2D eigenvalue weighted by atomic mass is 15.1. The highest BCUT2D eigenvalue weighted by Gasteiger charge is 2.27. The monoisotopic (exact) mass is 220 g/mol. The van der Waals surface area contributed by atoms with Gasteiger partial charge in [0.05, 0.1) is 0 Å². The van der Waals surface area contributed by atoms with Crippen LogP contribution >= 0.6 is 0 Å². The molecule has 0 amide bonds. The maximum Gasteiger partial charge on any atom is 0.136 e. The van der Waals surface area contributed by atoms with Gasteiger partial charge in [0.15, 0.2) is 0 Å². The van der Waals surface area contributed by atoms with Gasteiger partial charge in [0.2, 0.25) is 0 Å². The summed E-state index contributed by atoms with van der Waals surface area (Å²) in [5, 5.41) is 3.35. The van der Waals surface area contributed by atoms with Gasteiger partial charge >= 0.3 is 0 Å². The van der Waals surface area contributed by atoms with Crippen LogP contribution in [-0.4, -0.2) is 16.5 Å². The summed E-state index contributed by atoms with van der Waals surface area (Å²) in [6.45, 7) is 7.24. The molecule has 1 fully saturated rings. The quantitative estimate of drug-likeness (QED) is 0.817. The van der Waals surface area contributed by atoms with Gasteiger partial charge in [0, 0.05) is 18.0 Å². The predicted molar refractivity (Wildman–Crippen MR) is 66.5 cm³/mol. The van der Waals surface area contributed by atoms with Gasteiger partial charge in [0.25, 0.3) is 0 Å². The largest absolute Gasteiger partial charge is 0.383 e. The van der Waals surface area contributed by atoms with Crippen molar-refractivity contribution in [1.82, 2.24) is 9.97 Å². The van der Waals surface area contributed by atoms with Gasteiger partial charge in [-0.25, -0.2) is 9.97 Å². The van der Waals surface area contributed by atoms with Crippen molar-refractivity contribution in [3.63, 3.8) is 0 Å². The highest BCUT2D eigenvalue weighted by Crippen LogP contribution is 2.39. The summed E-state index contributed by atoms with van der Waals surface area (Å²) in [6.07, 6.45) is 2.40. The fourth-order valence-corrected chi connectivity index (χ4v) is 1.55. The van der Waals surface area contributed by atoms with E-state index in [2.05, 4.69) is 29.1 Å². The van der Waals surface area contributed by atoms with Crippen molar-refractivity contribution in [3.05, 3.63) is 11.4 Å². The van der Waals surface area contributed by atoms with Gasteiger partial charge in [-0.05, 0) is 25.7 Å². The van der Waals surface area contributed by atoms with Crippen molar-refractivity contribution in [1.29, 1.82) is 0 Å². The number of hydrogen-bond donors (Lipinski definition) is 2. The van der Waals surface area contributed by atoms with Crippen molar-refractivity contribution in [2.24, 2.45) is 5.92 Å². The van der Waals surface area contributed by atoms with Gasteiger partial charge in [-0.3, -0.25) is 0 Å². The number of anilines is 2. The summed E-state index contributed by atoms with van der Waals surface area (Å²) in [5.74, 6) is 3.57. The molecule has 3 N–H and O–H groups in total. The normalized spacial score (nSPS) is 15.5. The molecule has 4 heteroatoms. The fraction of sp³-hybridized carbons (Fsp3) is 0.667. The van der Waals surface area contributed by atoms with Gasteiger partial charge in [0.1, 0.15) is 17.5 Å². The van der Waals surface area contributed by atoms with Crippen molar-refractivity contribution >= 4 is 11.6 Å². The average Bonchev–Trinajstić information content (AvgIpc) is 3.03. The van der Waals surface area contributed by atoms with Crippen LogP contribution in [-0.2, 0) is 0 Å². The van der Waals surface area contributed by atoms with E-state index in [1.165, 1.54) is 12.8 Å². The molecule has 1 aromatic heterocycles. The van der Waals surface area contributed by atoms with E-state index >= 15 is 0 Å². The van der Waals surface area contributed by atoms with E-state index in [1.807, 2.05) is 6.92 Å². The molecule has 0 spiro atoms. The van der Waals surface area contributed by atoms with E-state index in [9.17, 15) is 0 Å². The summed E-state index contributed by atoms with van der Waals surface area (Å²) >= 11 is 0. The predicted octanol–water partition coefficient (Wildman–Crippen LogP) is 2.31. The molecule has 16 heavy (non-hydrogen) atoms. The number of hydrogen-bond acceptors (Lipinski definition) is 4. The van der Waals surface area contributed by atoms with Gasteiger partial charge in [-0.1, -0.05) is 13.8 Å². The van der Waals surface area contributed by atoms with Crippen LogP contribution in [0.1, 0.15) is 44.0 Å². The molecule has 1 heterocycles.